The van der Waals surface area contributed by atoms with Crippen LogP contribution in [0, 0.1) is 0 Å². The summed E-state index contributed by atoms with van der Waals surface area (Å²) >= 11 is 3.43. The lowest BCUT2D eigenvalue weighted by Gasteiger charge is -2.15. The summed E-state index contributed by atoms with van der Waals surface area (Å²) in [5.74, 6) is -0.123. The molecule has 6 nitrogen and oxygen atoms in total. The first kappa shape index (κ1) is 15.5. The van der Waals surface area contributed by atoms with E-state index in [0.717, 1.165) is 15.1 Å². The molecular weight excluding hydrogens is 384 g/mol. The number of halogens is 1. The Hall–Kier alpha value is -3.06. The minimum Gasteiger partial charge on any atom is -0.340 e. The van der Waals surface area contributed by atoms with Crippen molar-refractivity contribution in [2.75, 3.05) is 10.2 Å². The Balaban J connectivity index is 1.78. The van der Waals surface area contributed by atoms with Crippen molar-refractivity contribution >= 4 is 55.8 Å². The van der Waals surface area contributed by atoms with E-state index < -0.39 is 0 Å². The topological polar surface area (TPSA) is 75.2 Å². The molecule has 1 N–H and O–H groups in total. The summed E-state index contributed by atoms with van der Waals surface area (Å²) in [5.41, 5.74) is 2.05. The molecule has 4 rings (SSSR count). The average Bonchev–Trinajstić information content (AvgIpc) is 2.94. The molecule has 2 heterocycles. The van der Waals surface area contributed by atoms with Gasteiger partial charge in [-0.25, -0.2) is 14.9 Å². The Morgan fingerprint density at radius 2 is 1.76 bits per heavy atom. The zero-order valence-corrected chi connectivity index (χ0v) is 14.4. The summed E-state index contributed by atoms with van der Waals surface area (Å²) < 4.78 is 0.941. The van der Waals surface area contributed by atoms with Gasteiger partial charge in [0.05, 0.1) is 11.2 Å². The molecule has 25 heavy (non-hydrogen) atoms. The van der Waals surface area contributed by atoms with Crippen LogP contribution in [0.4, 0.5) is 17.2 Å². The Morgan fingerprint density at radius 1 is 0.960 bits per heavy atom. The zero-order chi connectivity index (χ0) is 17.4. The van der Waals surface area contributed by atoms with E-state index in [0.29, 0.717) is 22.4 Å². The third kappa shape index (κ3) is 2.89. The summed E-state index contributed by atoms with van der Waals surface area (Å²) in [6.45, 7) is 0. The fraction of sp³-hybridized carbons (Fsp3) is 0. The van der Waals surface area contributed by atoms with Gasteiger partial charge in [-0.2, -0.15) is 0 Å². The van der Waals surface area contributed by atoms with Crippen molar-refractivity contribution in [3.63, 3.8) is 0 Å². The lowest BCUT2D eigenvalue weighted by Crippen LogP contribution is -2.29. The number of anilines is 3. The summed E-state index contributed by atoms with van der Waals surface area (Å²) in [6.07, 6.45) is 3.99. The van der Waals surface area contributed by atoms with Gasteiger partial charge in [0.25, 0.3) is 11.8 Å². The predicted octanol–water partition coefficient (Wildman–Crippen LogP) is 3.57. The summed E-state index contributed by atoms with van der Waals surface area (Å²) in [7, 11) is 0. The SMILES string of the molecule is O=C1C=CC(=O)N1c1ccc2ncnc(Nc3cccc(Br)c3)c2c1. The predicted molar refractivity (Wildman–Crippen MR) is 98.6 cm³/mol. The molecule has 1 aliphatic heterocycles. The first-order valence-corrected chi connectivity index (χ1v) is 8.24. The largest absolute Gasteiger partial charge is 0.340 e. The number of nitrogens with zero attached hydrogens (tertiary/aromatic N) is 3. The number of carbonyl (C=O) groups is 2. The molecule has 2 aromatic carbocycles. The first-order chi connectivity index (χ1) is 12.1. The Bertz CT molecular complexity index is 1030. The molecule has 0 radical (unpaired) electrons. The van der Waals surface area contributed by atoms with E-state index in [1.165, 1.54) is 18.5 Å². The molecule has 0 fully saturated rings. The second-order valence-electron chi connectivity index (χ2n) is 5.40. The fourth-order valence-corrected chi connectivity index (χ4v) is 3.04. The molecule has 0 atom stereocenters. The van der Waals surface area contributed by atoms with Crippen LogP contribution in [-0.4, -0.2) is 21.8 Å². The number of aromatic nitrogens is 2. The second kappa shape index (κ2) is 6.10. The number of fused-ring (bicyclic) bond motifs is 1. The van der Waals surface area contributed by atoms with Crippen molar-refractivity contribution < 1.29 is 9.59 Å². The van der Waals surface area contributed by atoms with Gasteiger partial charge in [-0.15, -0.1) is 0 Å². The highest BCUT2D eigenvalue weighted by Crippen LogP contribution is 2.29. The van der Waals surface area contributed by atoms with Gasteiger partial charge in [-0.05, 0) is 36.4 Å². The van der Waals surface area contributed by atoms with Gasteiger partial charge in [0.15, 0.2) is 0 Å². The molecule has 0 spiro atoms. The van der Waals surface area contributed by atoms with Crippen LogP contribution >= 0.6 is 15.9 Å². The molecule has 0 aliphatic carbocycles. The average molecular weight is 395 g/mol. The van der Waals surface area contributed by atoms with Crippen LogP contribution in [0.25, 0.3) is 10.9 Å². The van der Waals surface area contributed by atoms with Crippen LogP contribution in [0.1, 0.15) is 0 Å². The van der Waals surface area contributed by atoms with Gasteiger partial charge >= 0.3 is 0 Å². The third-order valence-electron chi connectivity index (χ3n) is 3.77. The molecule has 0 saturated heterocycles. The molecular formula is C18H11BrN4O2. The van der Waals surface area contributed by atoms with Crippen molar-refractivity contribution in [2.45, 2.75) is 0 Å². The normalized spacial score (nSPS) is 13.7. The van der Waals surface area contributed by atoms with Crippen molar-refractivity contribution in [1.29, 1.82) is 0 Å². The minimum absolute atomic E-state index is 0.359. The standard InChI is InChI=1S/C18H11BrN4O2/c19-11-2-1-3-12(8-11)22-18-14-9-13(4-5-15(14)20-10-21-18)23-16(24)6-7-17(23)25/h1-10H,(H,20,21,22). The Morgan fingerprint density at radius 3 is 2.52 bits per heavy atom. The smallest absolute Gasteiger partial charge is 0.258 e. The molecule has 3 aromatic rings. The van der Waals surface area contributed by atoms with E-state index >= 15 is 0 Å². The van der Waals surface area contributed by atoms with Gasteiger partial charge in [0.1, 0.15) is 12.1 Å². The monoisotopic (exact) mass is 394 g/mol. The van der Waals surface area contributed by atoms with Crippen LogP contribution in [0.3, 0.4) is 0 Å². The van der Waals surface area contributed by atoms with Crippen LogP contribution < -0.4 is 10.2 Å². The Kier molecular flexibility index (Phi) is 3.77. The molecule has 1 aliphatic rings. The number of rotatable bonds is 3. The number of nitrogens with one attached hydrogen (secondary N) is 1. The van der Waals surface area contributed by atoms with E-state index in [2.05, 4.69) is 31.2 Å². The molecule has 2 amide bonds. The molecule has 1 aromatic heterocycles. The van der Waals surface area contributed by atoms with Gasteiger partial charge in [0.2, 0.25) is 0 Å². The zero-order valence-electron chi connectivity index (χ0n) is 12.8. The first-order valence-electron chi connectivity index (χ1n) is 7.45. The van der Waals surface area contributed by atoms with Crippen molar-refractivity contribution in [3.05, 3.63) is 65.4 Å². The van der Waals surface area contributed by atoms with Crippen molar-refractivity contribution in [1.82, 2.24) is 9.97 Å². The lowest BCUT2D eigenvalue weighted by atomic mass is 10.2. The fourth-order valence-electron chi connectivity index (χ4n) is 2.64. The van der Waals surface area contributed by atoms with Gasteiger partial charge in [-0.3, -0.25) is 9.59 Å². The van der Waals surface area contributed by atoms with Crippen molar-refractivity contribution in [3.8, 4) is 0 Å². The maximum Gasteiger partial charge on any atom is 0.258 e. The van der Waals surface area contributed by atoms with E-state index in [9.17, 15) is 9.59 Å². The second-order valence-corrected chi connectivity index (χ2v) is 6.32. The highest BCUT2D eigenvalue weighted by atomic mass is 79.9. The number of benzene rings is 2. The van der Waals surface area contributed by atoms with Crippen molar-refractivity contribution in [2.24, 2.45) is 0 Å². The molecule has 0 unspecified atom stereocenters. The van der Waals surface area contributed by atoms with E-state index in [4.69, 9.17) is 0 Å². The Labute approximate surface area is 151 Å². The maximum absolute atomic E-state index is 11.9. The van der Waals surface area contributed by atoms with E-state index in [-0.39, 0.29) is 11.8 Å². The number of hydrogen-bond donors (Lipinski definition) is 1. The summed E-state index contributed by atoms with van der Waals surface area (Å²) in [5, 5.41) is 3.96. The van der Waals surface area contributed by atoms with Crippen LogP contribution in [-0.2, 0) is 9.59 Å². The van der Waals surface area contributed by atoms with Gasteiger partial charge in [-0.1, -0.05) is 22.0 Å². The minimum atomic E-state index is -0.359. The van der Waals surface area contributed by atoms with Crippen LogP contribution in [0.15, 0.2) is 65.4 Å². The van der Waals surface area contributed by atoms with Crippen LogP contribution in [0.2, 0.25) is 0 Å². The summed E-state index contributed by atoms with van der Waals surface area (Å²) in [6, 6.07) is 12.9. The molecule has 122 valence electrons. The van der Waals surface area contributed by atoms with E-state index in [1.807, 2.05) is 24.3 Å². The highest BCUT2D eigenvalue weighted by Gasteiger charge is 2.25. The molecule has 7 heteroatoms. The number of imide groups is 1. The van der Waals surface area contributed by atoms with Gasteiger partial charge in [0, 0.05) is 27.7 Å². The quantitative estimate of drug-likeness (QED) is 0.687. The summed E-state index contributed by atoms with van der Waals surface area (Å²) in [4.78, 5) is 33.5. The maximum atomic E-state index is 11.9. The number of hydrogen-bond acceptors (Lipinski definition) is 5. The molecule has 0 saturated carbocycles. The molecule has 0 bridgehead atoms. The number of amides is 2. The van der Waals surface area contributed by atoms with Gasteiger partial charge < -0.3 is 5.32 Å². The highest BCUT2D eigenvalue weighted by molar-refractivity contribution is 9.10. The third-order valence-corrected chi connectivity index (χ3v) is 4.27. The number of carbonyl (C=O) groups excluding carboxylic acids is 2. The van der Waals surface area contributed by atoms with Crippen LogP contribution in [0.5, 0.6) is 0 Å². The van der Waals surface area contributed by atoms with E-state index in [1.54, 1.807) is 18.2 Å². The lowest BCUT2D eigenvalue weighted by molar-refractivity contribution is -0.119.